The zero-order chi connectivity index (χ0) is 33.8. The number of hydrogen-bond acceptors (Lipinski definition) is 3. The number of fused-ring (bicyclic) bond motifs is 6. The van der Waals surface area contributed by atoms with Crippen LogP contribution in [-0.2, 0) is 0 Å². The number of para-hydroxylation sites is 3. The number of nitrogens with zero attached hydrogens (tertiary/aromatic N) is 5. The Labute approximate surface area is 287 Å². The van der Waals surface area contributed by atoms with Crippen molar-refractivity contribution in [2.45, 2.75) is 0 Å². The average molecular weight is 636 g/mol. The molecule has 0 radical (unpaired) electrons. The molecule has 0 amide bonds. The summed E-state index contributed by atoms with van der Waals surface area (Å²) in [7, 11) is 0. The van der Waals surface area contributed by atoms with E-state index in [0.717, 1.165) is 77.2 Å². The van der Waals surface area contributed by atoms with Gasteiger partial charge in [0.15, 0.2) is 0 Å². The number of hydrogen-bond donors (Lipinski definition) is 0. The third-order valence-electron chi connectivity index (χ3n) is 9.67. The standard InChI is InChI=1S/C45H25N5/c46-26-29-23-24-43-37(25-29)35-15-5-8-20-41(35)49(43)42-21-10-17-32(38(42)28-48)31-12-1-2-16-36(31)45-30(27-47)11-9-22-44(45)50-39-18-6-3-13-33(39)34-14-4-7-19-40(34)50/h1-25H. The topological polar surface area (TPSA) is 81.2 Å². The van der Waals surface area contributed by atoms with Crippen LogP contribution in [0.5, 0.6) is 0 Å². The van der Waals surface area contributed by atoms with Gasteiger partial charge in [-0.05, 0) is 65.7 Å². The molecule has 0 bridgehead atoms. The SMILES string of the molecule is N#Cc1ccc2c(c1)c1ccccc1n2-c1cccc(-c2ccccc2-c2c(C#N)cccc2-n2c3ccccc3c3ccccc32)c1C#N. The highest BCUT2D eigenvalue weighted by Crippen LogP contribution is 2.43. The van der Waals surface area contributed by atoms with Crippen LogP contribution in [0.25, 0.3) is 77.2 Å². The molecular weight excluding hydrogens is 611 g/mol. The number of benzene rings is 7. The van der Waals surface area contributed by atoms with Crippen LogP contribution in [0.1, 0.15) is 16.7 Å². The second-order valence-electron chi connectivity index (χ2n) is 12.2. The monoisotopic (exact) mass is 635 g/mol. The van der Waals surface area contributed by atoms with Gasteiger partial charge in [0.05, 0.1) is 62.3 Å². The minimum atomic E-state index is 0.514. The zero-order valence-electron chi connectivity index (χ0n) is 26.7. The minimum absolute atomic E-state index is 0.514. The molecule has 0 fully saturated rings. The van der Waals surface area contributed by atoms with Crippen molar-refractivity contribution in [3.8, 4) is 51.8 Å². The Bertz CT molecular complexity index is 2920. The van der Waals surface area contributed by atoms with E-state index in [1.807, 2.05) is 103 Å². The molecule has 9 aromatic rings. The molecule has 0 N–H and O–H groups in total. The van der Waals surface area contributed by atoms with Crippen LogP contribution < -0.4 is 0 Å². The van der Waals surface area contributed by atoms with Crippen molar-refractivity contribution >= 4 is 43.6 Å². The first-order chi connectivity index (χ1) is 24.7. The van der Waals surface area contributed by atoms with Crippen LogP contribution in [0.2, 0.25) is 0 Å². The Morgan fingerprint density at radius 2 is 0.900 bits per heavy atom. The summed E-state index contributed by atoms with van der Waals surface area (Å²) in [5.41, 5.74) is 10.5. The lowest BCUT2D eigenvalue weighted by atomic mass is 9.88. The molecule has 0 aliphatic heterocycles. The first-order valence-electron chi connectivity index (χ1n) is 16.3. The summed E-state index contributed by atoms with van der Waals surface area (Å²) in [6, 6.07) is 57.6. The van der Waals surface area contributed by atoms with E-state index in [1.165, 1.54) is 0 Å². The lowest BCUT2D eigenvalue weighted by molar-refractivity contribution is 1.17. The largest absolute Gasteiger partial charge is 0.309 e. The minimum Gasteiger partial charge on any atom is -0.309 e. The van der Waals surface area contributed by atoms with Gasteiger partial charge in [0.25, 0.3) is 0 Å². The van der Waals surface area contributed by atoms with Crippen LogP contribution >= 0.6 is 0 Å². The normalized spacial score (nSPS) is 11.1. The predicted octanol–water partition coefficient (Wildman–Crippen LogP) is 10.8. The molecule has 0 aliphatic carbocycles. The van der Waals surface area contributed by atoms with Gasteiger partial charge in [0.2, 0.25) is 0 Å². The van der Waals surface area contributed by atoms with Crippen LogP contribution in [-0.4, -0.2) is 9.13 Å². The molecule has 9 rings (SSSR count). The maximum absolute atomic E-state index is 10.9. The highest BCUT2D eigenvalue weighted by molar-refractivity contribution is 6.11. The van der Waals surface area contributed by atoms with Crippen molar-refractivity contribution in [1.82, 2.24) is 9.13 Å². The van der Waals surface area contributed by atoms with Crippen molar-refractivity contribution in [1.29, 1.82) is 15.8 Å². The molecular formula is C45H25N5. The van der Waals surface area contributed by atoms with Crippen molar-refractivity contribution < 1.29 is 0 Å². The molecule has 0 saturated heterocycles. The highest BCUT2D eigenvalue weighted by Gasteiger charge is 2.23. The average Bonchev–Trinajstić information content (AvgIpc) is 3.69. The Morgan fingerprint density at radius 1 is 0.380 bits per heavy atom. The van der Waals surface area contributed by atoms with Crippen LogP contribution in [0.4, 0.5) is 0 Å². The van der Waals surface area contributed by atoms with E-state index in [0.29, 0.717) is 16.7 Å². The molecule has 2 heterocycles. The summed E-state index contributed by atoms with van der Waals surface area (Å²) in [5, 5.41) is 35.4. The molecule has 0 atom stereocenters. The Hall–Kier alpha value is -7.39. The van der Waals surface area contributed by atoms with Crippen molar-refractivity contribution in [2.24, 2.45) is 0 Å². The summed E-state index contributed by atoms with van der Waals surface area (Å²) in [4.78, 5) is 0. The molecule has 2 aromatic heterocycles. The third kappa shape index (κ3) is 4.17. The quantitative estimate of drug-likeness (QED) is 0.193. The van der Waals surface area contributed by atoms with Crippen LogP contribution in [0.3, 0.4) is 0 Å². The van der Waals surface area contributed by atoms with Gasteiger partial charge in [-0.1, -0.05) is 97.1 Å². The molecule has 50 heavy (non-hydrogen) atoms. The summed E-state index contributed by atoms with van der Waals surface area (Å²) in [6.45, 7) is 0. The highest BCUT2D eigenvalue weighted by atomic mass is 15.0. The second-order valence-corrected chi connectivity index (χ2v) is 12.2. The summed E-state index contributed by atoms with van der Waals surface area (Å²) >= 11 is 0. The van der Waals surface area contributed by atoms with Crippen molar-refractivity contribution in [3.05, 3.63) is 168 Å². The van der Waals surface area contributed by atoms with E-state index in [1.54, 1.807) is 0 Å². The molecule has 7 aromatic carbocycles. The van der Waals surface area contributed by atoms with Crippen molar-refractivity contribution in [3.63, 3.8) is 0 Å². The fourth-order valence-electron chi connectivity index (χ4n) is 7.59. The predicted molar refractivity (Wildman–Crippen MR) is 200 cm³/mol. The Balaban J connectivity index is 1.33. The van der Waals surface area contributed by atoms with E-state index in [9.17, 15) is 15.8 Å². The van der Waals surface area contributed by atoms with Gasteiger partial charge in [-0.2, -0.15) is 15.8 Å². The number of rotatable bonds is 4. The van der Waals surface area contributed by atoms with Crippen LogP contribution in [0.15, 0.2) is 152 Å². The lowest BCUT2D eigenvalue weighted by Gasteiger charge is -2.19. The lowest BCUT2D eigenvalue weighted by Crippen LogP contribution is -2.02. The maximum atomic E-state index is 10.9. The van der Waals surface area contributed by atoms with Gasteiger partial charge >= 0.3 is 0 Å². The summed E-state index contributed by atoms with van der Waals surface area (Å²) < 4.78 is 4.36. The fraction of sp³-hybridized carbons (Fsp3) is 0. The van der Waals surface area contributed by atoms with E-state index in [4.69, 9.17) is 0 Å². The number of nitriles is 3. The smallest absolute Gasteiger partial charge is 0.102 e. The molecule has 0 spiro atoms. The van der Waals surface area contributed by atoms with Gasteiger partial charge in [0, 0.05) is 32.7 Å². The summed E-state index contributed by atoms with van der Waals surface area (Å²) in [6.07, 6.45) is 0. The van der Waals surface area contributed by atoms with Gasteiger partial charge in [-0.25, -0.2) is 0 Å². The maximum Gasteiger partial charge on any atom is 0.102 e. The van der Waals surface area contributed by atoms with Gasteiger partial charge < -0.3 is 9.13 Å². The zero-order valence-corrected chi connectivity index (χ0v) is 26.7. The molecule has 0 aliphatic rings. The molecule has 0 saturated carbocycles. The van der Waals surface area contributed by atoms with E-state index >= 15 is 0 Å². The van der Waals surface area contributed by atoms with Gasteiger partial charge in [0.1, 0.15) is 6.07 Å². The molecule has 230 valence electrons. The fourth-order valence-corrected chi connectivity index (χ4v) is 7.59. The van der Waals surface area contributed by atoms with E-state index < -0.39 is 0 Å². The molecule has 0 unspecified atom stereocenters. The second kappa shape index (κ2) is 11.4. The molecule has 5 nitrogen and oxygen atoms in total. The molecule has 5 heteroatoms. The summed E-state index contributed by atoms with van der Waals surface area (Å²) in [5.74, 6) is 0. The third-order valence-corrected chi connectivity index (χ3v) is 9.67. The van der Waals surface area contributed by atoms with Crippen LogP contribution in [0, 0.1) is 34.0 Å². The van der Waals surface area contributed by atoms with E-state index in [-0.39, 0.29) is 0 Å². The Kier molecular flexibility index (Phi) is 6.56. The first kappa shape index (κ1) is 28.8. The number of aromatic nitrogens is 2. The van der Waals surface area contributed by atoms with E-state index in [2.05, 4.69) is 75.9 Å². The first-order valence-corrected chi connectivity index (χ1v) is 16.3. The van der Waals surface area contributed by atoms with Gasteiger partial charge in [-0.15, -0.1) is 0 Å². The van der Waals surface area contributed by atoms with Gasteiger partial charge in [-0.3, -0.25) is 0 Å². The van der Waals surface area contributed by atoms with Crippen molar-refractivity contribution in [2.75, 3.05) is 0 Å². The Morgan fingerprint density at radius 3 is 1.54 bits per heavy atom.